The van der Waals surface area contributed by atoms with Gasteiger partial charge >= 0.3 is 0 Å². The maximum atomic E-state index is 8.85. The molecule has 0 saturated heterocycles. The summed E-state index contributed by atoms with van der Waals surface area (Å²) in [4.78, 5) is 4.07. The summed E-state index contributed by atoms with van der Waals surface area (Å²) in [5.41, 5.74) is 2.10. The Morgan fingerprint density at radius 1 is 1.39 bits per heavy atom. The van der Waals surface area contributed by atoms with E-state index in [-0.39, 0.29) is 6.04 Å². The summed E-state index contributed by atoms with van der Waals surface area (Å²) in [6.45, 7) is 5.98. The normalized spacial score (nSPS) is 11.0. The molecule has 0 spiro atoms. The van der Waals surface area contributed by atoms with Crippen LogP contribution in [0.3, 0.4) is 0 Å². The largest absolute Gasteiger partial charge is 0.264 e. The summed E-state index contributed by atoms with van der Waals surface area (Å²) >= 11 is 0. The maximum Gasteiger partial charge on any atom is 0.0913 e. The van der Waals surface area contributed by atoms with Crippen molar-refractivity contribution >= 4 is 0 Å². The van der Waals surface area contributed by atoms with E-state index in [0.29, 0.717) is 6.42 Å². The molecule has 0 radical (unpaired) electrons. The highest BCUT2D eigenvalue weighted by Crippen LogP contribution is 2.20. The van der Waals surface area contributed by atoms with E-state index in [4.69, 9.17) is 5.26 Å². The highest BCUT2D eigenvalue weighted by atomic mass is 15.3. The molecule has 2 aromatic rings. The summed E-state index contributed by atoms with van der Waals surface area (Å²) < 4.78 is 1.82. The Morgan fingerprint density at radius 3 is 2.67 bits per heavy atom. The van der Waals surface area contributed by atoms with E-state index in [9.17, 15) is 0 Å². The van der Waals surface area contributed by atoms with Gasteiger partial charge in [-0.3, -0.25) is 9.67 Å². The Balaban J connectivity index is 0.000000771. The van der Waals surface area contributed by atoms with Gasteiger partial charge in [0.25, 0.3) is 0 Å². The fraction of sp³-hybridized carbons (Fsp3) is 0.357. The van der Waals surface area contributed by atoms with Gasteiger partial charge in [-0.2, -0.15) is 10.4 Å². The molecule has 1 atom stereocenters. The number of pyridine rings is 1. The van der Waals surface area contributed by atoms with Gasteiger partial charge in [-0.25, -0.2) is 0 Å². The molecule has 0 saturated carbocycles. The van der Waals surface area contributed by atoms with Crippen LogP contribution in [-0.4, -0.2) is 14.8 Å². The van der Waals surface area contributed by atoms with Crippen LogP contribution in [0.15, 0.2) is 36.9 Å². The molecule has 1 unspecified atom stereocenters. The van der Waals surface area contributed by atoms with Gasteiger partial charge in [0, 0.05) is 18.6 Å². The molecule has 0 bridgehead atoms. The van der Waals surface area contributed by atoms with Crippen LogP contribution in [0.4, 0.5) is 0 Å². The van der Waals surface area contributed by atoms with Crippen LogP contribution in [0.2, 0.25) is 0 Å². The highest BCUT2D eigenvalue weighted by Gasteiger charge is 2.13. The first-order valence-corrected chi connectivity index (χ1v) is 6.09. The minimum atomic E-state index is -0.0487. The van der Waals surface area contributed by atoms with Gasteiger partial charge in [-0.15, -0.1) is 0 Å². The molecule has 0 N–H and O–H groups in total. The van der Waals surface area contributed by atoms with Crippen LogP contribution >= 0.6 is 0 Å². The fourth-order valence-corrected chi connectivity index (χ4v) is 1.63. The Labute approximate surface area is 108 Å². The van der Waals surface area contributed by atoms with Crippen molar-refractivity contribution < 1.29 is 0 Å². The number of nitrogens with zero attached hydrogens (tertiary/aromatic N) is 4. The predicted octanol–water partition coefficient (Wildman–Crippen LogP) is 3.12. The van der Waals surface area contributed by atoms with Crippen LogP contribution in [0.5, 0.6) is 0 Å². The number of hydrogen-bond acceptors (Lipinski definition) is 3. The first-order valence-electron chi connectivity index (χ1n) is 6.09. The summed E-state index contributed by atoms with van der Waals surface area (Å²) in [6, 6.07) is 5.97. The zero-order valence-electron chi connectivity index (χ0n) is 11.0. The second-order valence-corrected chi connectivity index (χ2v) is 3.66. The molecule has 2 aromatic heterocycles. The molecular formula is C14H18N4. The minimum absolute atomic E-state index is 0.0487. The minimum Gasteiger partial charge on any atom is -0.264 e. The zero-order valence-corrected chi connectivity index (χ0v) is 11.0. The van der Waals surface area contributed by atoms with Gasteiger partial charge < -0.3 is 0 Å². The number of nitriles is 1. The molecule has 2 rings (SSSR count). The number of rotatable bonds is 3. The first kappa shape index (κ1) is 13.9. The van der Waals surface area contributed by atoms with Crippen LogP contribution in [-0.2, 0) is 0 Å². The standard InChI is InChI=1S/C12H12N4.C2H6/c1-10-7-15-16(9-10)12(4-5-13)11-3-2-6-14-8-11;1-2/h2-3,6-9,12H,4H2,1H3;1-2H3. The molecule has 94 valence electrons. The van der Waals surface area contributed by atoms with Crippen molar-refractivity contribution in [2.75, 3.05) is 0 Å². The quantitative estimate of drug-likeness (QED) is 0.831. The molecule has 0 aliphatic carbocycles. The van der Waals surface area contributed by atoms with Crippen molar-refractivity contribution in [1.82, 2.24) is 14.8 Å². The summed E-state index contributed by atoms with van der Waals surface area (Å²) in [5, 5.41) is 13.1. The lowest BCUT2D eigenvalue weighted by Gasteiger charge is -2.13. The average Bonchev–Trinajstić information content (AvgIpc) is 2.86. The second kappa shape index (κ2) is 7.23. The van der Waals surface area contributed by atoms with E-state index in [2.05, 4.69) is 16.2 Å². The van der Waals surface area contributed by atoms with Crippen molar-refractivity contribution in [1.29, 1.82) is 5.26 Å². The van der Waals surface area contributed by atoms with Crippen molar-refractivity contribution in [2.24, 2.45) is 0 Å². The number of aryl methyl sites for hydroxylation is 1. The predicted molar refractivity (Wildman–Crippen MR) is 70.9 cm³/mol. The molecule has 4 heteroatoms. The molecule has 0 aromatic carbocycles. The van der Waals surface area contributed by atoms with E-state index < -0.39 is 0 Å². The van der Waals surface area contributed by atoms with Crippen molar-refractivity contribution in [3.63, 3.8) is 0 Å². The summed E-state index contributed by atoms with van der Waals surface area (Å²) in [7, 11) is 0. The Morgan fingerprint density at radius 2 is 2.17 bits per heavy atom. The summed E-state index contributed by atoms with van der Waals surface area (Å²) in [6.07, 6.45) is 7.63. The molecule has 18 heavy (non-hydrogen) atoms. The Bertz CT molecular complexity index is 496. The molecule has 4 nitrogen and oxygen atoms in total. The zero-order chi connectivity index (χ0) is 13.4. The molecule has 0 aliphatic heterocycles. The van der Waals surface area contributed by atoms with Crippen LogP contribution in [0.25, 0.3) is 0 Å². The third-order valence-electron chi connectivity index (χ3n) is 2.40. The number of hydrogen-bond donors (Lipinski definition) is 0. The topological polar surface area (TPSA) is 54.5 Å². The van der Waals surface area contributed by atoms with Crippen molar-refractivity contribution in [2.45, 2.75) is 33.2 Å². The fourth-order valence-electron chi connectivity index (χ4n) is 1.63. The molecular weight excluding hydrogens is 224 g/mol. The van der Waals surface area contributed by atoms with Crippen LogP contribution in [0.1, 0.15) is 37.4 Å². The average molecular weight is 242 g/mol. The van der Waals surface area contributed by atoms with E-state index in [1.54, 1.807) is 18.6 Å². The SMILES string of the molecule is CC.Cc1cnn(C(CC#N)c2cccnc2)c1. The van der Waals surface area contributed by atoms with Gasteiger partial charge in [0.2, 0.25) is 0 Å². The lowest BCUT2D eigenvalue weighted by Crippen LogP contribution is -2.10. The highest BCUT2D eigenvalue weighted by molar-refractivity contribution is 5.17. The number of aromatic nitrogens is 3. The lowest BCUT2D eigenvalue weighted by atomic mass is 10.1. The van der Waals surface area contributed by atoms with Crippen LogP contribution in [0, 0.1) is 18.3 Å². The van der Waals surface area contributed by atoms with Crippen LogP contribution < -0.4 is 0 Å². The molecule has 0 fully saturated rings. The summed E-state index contributed by atoms with van der Waals surface area (Å²) in [5.74, 6) is 0. The van der Waals surface area contributed by atoms with Gasteiger partial charge in [-0.05, 0) is 24.1 Å². The van der Waals surface area contributed by atoms with Crippen molar-refractivity contribution in [3.05, 3.63) is 48.0 Å². The maximum absolute atomic E-state index is 8.85. The third kappa shape index (κ3) is 3.42. The molecule has 0 amide bonds. The second-order valence-electron chi connectivity index (χ2n) is 3.66. The first-order chi connectivity index (χ1) is 8.81. The monoisotopic (exact) mass is 242 g/mol. The van der Waals surface area contributed by atoms with Gasteiger partial charge in [-0.1, -0.05) is 19.9 Å². The van der Waals surface area contributed by atoms with Crippen molar-refractivity contribution in [3.8, 4) is 6.07 Å². The Kier molecular flexibility index (Phi) is 5.59. The van der Waals surface area contributed by atoms with E-state index >= 15 is 0 Å². The van der Waals surface area contributed by atoms with E-state index in [1.807, 2.05) is 43.8 Å². The molecule has 2 heterocycles. The van der Waals surface area contributed by atoms with E-state index in [1.165, 1.54) is 0 Å². The lowest BCUT2D eigenvalue weighted by molar-refractivity contribution is 0.530. The van der Waals surface area contributed by atoms with Gasteiger partial charge in [0.05, 0.1) is 24.7 Å². The van der Waals surface area contributed by atoms with Gasteiger partial charge in [0.15, 0.2) is 0 Å². The third-order valence-corrected chi connectivity index (χ3v) is 2.40. The van der Waals surface area contributed by atoms with E-state index in [0.717, 1.165) is 11.1 Å². The molecule has 0 aliphatic rings. The van der Waals surface area contributed by atoms with Gasteiger partial charge in [0.1, 0.15) is 0 Å². The smallest absolute Gasteiger partial charge is 0.0913 e. The Hall–Kier alpha value is -2.15.